The second-order valence-corrected chi connectivity index (χ2v) is 7.47. The van der Waals surface area contributed by atoms with Gasteiger partial charge in [-0.25, -0.2) is 9.37 Å². The molecule has 0 fully saturated rings. The maximum atomic E-state index is 13.7. The van der Waals surface area contributed by atoms with Crippen molar-refractivity contribution in [1.82, 2.24) is 14.5 Å². The van der Waals surface area contributed by atoms with Gasteiger partial charge < -0.3 is 9.47 Å². The van der Waals surface area contributed by atoms with Crippen LogP contribution in [0.3, 0.4) is 0 Å². The number of carbonyl (C=O) groups is 1. The van der Waals surface area contributed by atoms with Gasteiger partial charge in [-0.1, -0.05) is 35.8 Å². The Kier molecular flexibility index (Phi) is 6.26. The summed E-state index contributed by atoms with van der Waals surface area (Å²) in [6, 6.07) is 12.0. The molecule has 0 aliphatic carbocycles. The number of nitrogens with zero attached hydrogens (tertiary/aromatic N) is 3. The fourth-order valence-corrected chi connectivity index (χ4v) is 3.64. The van der Waals surface area contributed by atoms with Crippen molar-refractivity contribution in [2.45, 2.75) is 39.8 Å². The number of hydrogen-bond donors (Lipinski definition) is 0. The highest BCUT2D eigenvalue weighted by molar-refractivity contribution is 9.10. The predicted octanol–water partition coefficient (Wildman–Crippen LogP) is 5.40. The molecule has 3 aromatic rings. The topological polar surface area (TPSA) is 38.1 Å². The number of aromatic nitrogens is 2. The lowest BCUT2D eigenvalue weighted by atomic mass is 10.2. The van der Waals surface area contributed by atoms with Crippen molar-refractivity contribution in [3.05, 3.63) is 64.1 Å². The average molecular weight is 432 g/mol. The third-order valence-corrected chi connectivity index (χ3v) is 4.91. The highest BCUT2D eigenvalue weighted by Gasteiger charge is 2.20. The van der Waals surface area contributed by atoms with Crippen molar-refractivity contribution in [3.8, 4) is 0 Å². The molecule has 1 heterocycles. The van der Waals surface area contributed by atoms with E-state index in [0.717, 1.165) is 40.7 Å². The van der Waals surface area contributed by atoms with E-state index >= 15 is 0 Å². The zero-order chi connectivity index (χ0) is 19.4. The maximum absolute atomic E-state index is 13.7. The van der Waals surface area contributed by atoms with E-state index in [0.29, 0.717) is 18.7 Å². The molecule has 0 spiro atoms. The Balaban J connectivity index is 1.96. The molecule has 0 N–H and O–H groups in total. The molecule has 0 atom stereocenters. The Bertz CT molecular complexity index is 954. The van der Waals surface area contributed by atoms with Crippen LogP contribution in [0, 0.1) is 5.82 Å². The van der Waals surface area contributed by atoms with Crippen molar-refractivity contribution in [2.75, 3.05) is 6.54 Å². The number of hydrogen-bond acceptors (Lipinski definition) is 2. The van der Waals surface area contributed by atoms with E-state index in [2.05, 4.69) is 27.8 Å². The van der Waals surface area contributed by atoms with Crippen LogP contribution in [0.1, 0.15) is 42.9 Å². The maximum Gasteiger partial charge on any atom is 0.254 e. The van der Waals surface area contributed by atoms with Gasteiger partial charge in [0.05, 0.1) is 17.6 Å². The first kappa shape index (κ1) is 19.5. The van der Waals surface area contributed by atoms with Crippen LogP contribution >= 0.6 is 15.9 Å². The number of benzene rings is 2. The molecule has 0 radical (unpaired) electrons. The second-order valence-electron chi connectivity index (χ2n) is 6.55. The Morgan fingerprint density at radius 1 is 1.19 bits per heavy atom. The molecule has 1 amide bonds. The van der Waals surface area contributed by atoms with Gasteiger partial charge in [0.25, 0.3) is 5.91 Å². The lowest BCUT2D eigenvalue weighted by Gasteiger charge is -2.22. The Hall–Kier alpha value is -2.21. The van der Waals surface area contributed by atoms with Crippen LogP contribution in [0.15, 0.2) is 46.9 Å². The van der Waals surface area contributed by atoms with E-state index < -0.39 is 0 Å². The van der Waals surface area contributed by atoms with Crippen molar-refractivity contribution < 1.29 is 9.18 Å². The summed E-state index contributed by atoms with van der Waals surface area (Å²) in [6.07, 6.45) is 1.75. The van der Waals surface area contributed by atoms with Gasteiger partial charge in [-0.05, 0) is 49.2 Å². The van der Waals surface area contributed by atoms with E-state index in [9.17, 15) is 9.18 Å². The monoisotopic (exact) mass is 431 g/mol. The van der Waals surface area contributed by atoms with Gasteiger partial charge in [-0.15, -0.1) is 0 Å². The number of aryl methyl sites for hydroxylation is 1. The second kappa shape index (κ2) is 8.65. The normalized spacial score (nSPS) is 11.1. The summed E-state index contributed by atoms with van der Waals surface area (Å²) in [7, 11) is 0. The van der Waals surface area contributed by atoms with Gasteiger partial charge in [0, 0.05) is 23.1 Å². The third kappa shape index (κ3) is 4.38. The molecule has 27 heavy (non-hydrogen) atoms. The molecular weight excluding hydrogens is 409 g/mol. The summed E-state index contributed by atoms with van der Waals surface area (Å²) in [6.45, 7) is 5.89. The first-order valence-electron chi connectivity index (χ1n) is 9.23. The number of imidazole rings is 1. The number of fused-ring (bicyclic) bond motifs is 1. The van der Waals surface area contributed by atoms with E-state index in [1.807, 2.05) is 40.7 Å². The fourth-order valence-electron chi connectivity index (χ4n) is 3.24. The Labute approximate surface area is 167 Å². The average Bonchev–Trinajstić information content (AvgIpc) is 2.98. The van der Waals surface area contributed by atoms with Crippen LogP contribution in [0.2, 0.25) is 0 Å². The zero-order valence-corrected chi connectivity index (χ0v) is 17.2. The molecule has 0 saturated carbocycles. The van der Waals surface area contributed by atoms with E-state index in [1.165, 1.54) is 12.1 Å². The van der Waals surface area contributed by atoms with Crippen LogP contribution in [0.4, 0.5) is 4.39 Å². The standard InChI is InChI=1S/C21H23BrFN3O/c1-3-10-25(21(27)15-6-5-7-16(22)12-15)14-20-24-18-9-8-17(23)13-19(18)26(20)11-4-2/h5-9,12-13H,3-4,10-11,14H2,1-2H3. The molecule has 6 heteroatoms. The predicted molar refractivity (Wildman–Crippen MR) is 109 cm³/mol. The van der Waals surface area contributed by atoms with Crippen molar-refractivity contribution in [2.24, 2.45) is 0 Å². The smallest absolute Gasteiger partial charge is 0.254 e. The lowest BCUT2D eigenvalue weighted by molar-refractivity contribution is 0.0737. The van der Waals surface area contributed by atoms with Gasteiger partial charge in [0.2, 0.25) is 0 Å². The fraction of sp³-hybridized carbons (Fsp3) is 0.333. The molecule has 0 unspecified atom stereocenters. The summed E-state index contributed by atoms with van der Waals surface area (Å²) in [4.78, 5) is 19.5. The summed E-state index contributed by atoms with van der Waals surface area (Å²) in [5.74, 6) is 0.482. The van der Waals surface area contributed by atoms with E-state index in [4.69, 9.17) is 0 Å². The van der Waals surface area contributed by atoms with Crippen LogP contribution < -0.4 is 0 Å². The minimum Gasteiger partial charge on any atom is -0.331 e. The third-order valence-electron chi connectivity index (χ3n) is 4.42. The molecule has 2 aromatic carbocycles. The van der Waals surface area contributed by atoms with E-state index in [-0.39, 0.29) is 11.7 Å². The molecule has 142 valence electrons. The minimum absolute atomic E-state index is 0.0283. The molecule has 3 rings (SSSR count). The molecule has 0 bridgehead atoms. The molecule has 0 aliphatic heterocycles. The number of amides is 1. The summed E-state index contributed by atoms with van der Waals surface area (Å²) in [5.41, 5.74) is 2.17. The SMILES string of the molecule is CCCN(Cc1nc2ccc(F)cc2n1CCC)C(=O)c1cccc(Br)c1. The van der Waals surface area contributed by atoms with Crippen molar-refractivity contribution in [3.63, 3.8) is 0 Å². The number of rotatable bonds is 7. The zero-order valence-electron chi connectivity index (χ0n) is 15.6. The van der Waals surface area contributed by atoms with Crippen LogP contribution in [-0.4, -0.2) is 26.9 Å². The van der Waals surface area contributed by atoms with Crippen molar-refractivity contribution >= 4 is 32.9 Å². The summed E-state index contributed by atoms with van der Waals surface area (Å²) in [5, 5.41) is 0. The van der Waals surface area contributed by atoms with E-state index in [1.54, 1.807) is 6.07 Å². The number of carbonyl (C=O) groups excluding carboxylic acids is 1. The van der Waals surface area contributed by atoms with Crippen LogP contribution in [-0.2, 0) is 13.1 Å². The van der Waals surface area contributed by atoms with Gasteiger partial charge in [0.1, 0.15) is 11.6 Å². The Morgan fingerprint density at radius 3 is 2.70 bits per heavy atom. The first-order valence-corrected chi connectivity index (χ1v) is 10.0. The highest BCUT2D eigenvalue weighted by atomic mass is 79.9. The number of halogens is 2. The van der Waals surface area contributed by atoms with Gasteiger partial charge in [-0.2, -0.15) is 0 Å². The van der Waals surface area contributed by atoms with Gasteiger partial charge in [-0.3, -0.25) is 4.79 Å². The lowest BCUT2D eigenvalue weighted by Crippen LogP contribution is -2.32. The van der Waals surface area contributed by atoms with Crippen molar-refractivity contribution in [1.29, 1.82) is 0 Å². The molecule has 0 saturated heterocycles. The Morgan fingerprint density at radius 2 is 2.00 bits per heavy atom. The quantitative estimate of drug-likeness (QED) is 0.502. The minimum atomic E-state index is -0.276. The molecular formula is C21H23BrFN3O. The summed E-state index contributed by atoms with van der Waals surface area (Å²) >= 11 is 3.42. The largest absolute Gasteiger partial charge is 0.331 e. The summed E-state index contributed by atoms with van der Waals surface area (Å²) < 4.78 is 16.6. The molecule has 1 aromatic heterocycles. The highest BCUT2D eigenvalue weighted by Crippen LogP contribution is 2.21. The molecule has 0 aliphatic rings. The van der Waals surface area contributed by atoms with Gasteiger partial charge in [0.15, 0.2) is 0 Å². The molecule has 4 nitrogen and oxygen atoms in total. The van der Waals surface area contributed by atoms with Crippen LogP contribution in [0.25, 0.3) is 11.0 Å². The van der Waals surface area contributed by atoms with Crippen LogP contribution in [0.5, 0.6) is 0 Å². The first-order chi connectivity index (χ1) is 13.0. The van der Waals surface area contributed by atoms with Gasteiger partial charge >= 0.3 is 0 Å².